The van der Waals surface area contributed by atoms with E-state index < -0.39 is 0 Å². The number of halogens is 1. The number of carbonyl (C=O) groups is 1. The molecule has 0 heterocycles. The van der Waals surface area contributed by atoms with Crippen molar-refractivity contribution in [3.8, 4) is 0 Å². The molecule has 3 nitrogen and oxygen atoms in total. The number of amides is 1. The summed E-state index contributed by atoms with van der Waals surface area (Å²) in [7, 11) is 1.81. The number of benzene rings is 2. The molecular formula is C17H19BrN2O. The first-order valence-corrected chi connectivity index (χ1v) is 7.69. The molecule has 2 aromatic carbocycles. The Morgan fingerprint density at radius 1 is 1.19 bits per heavy atom. The van der Waals surface area contributed by atoms with E-state index in [0.29, 0.717) is 13.0 Å². The lowest BCUT2D eigenvalue weighted by Crippen LogP contribution is -2.27. The Bertz CT molecular complexity index is 613. The number of para-hydroxylation sites is 1. The molecule has 0 saturated heterocycles. The van der Waals surface area contributed by atoms with E-state index in [1.807, 2.05) is 55.5 Å². The van der Waals surface area contributed by atoms with E-state index in [1.54, 1.807) is 11.9 Å². The Labute approximate surface area is 134 Å². The second kappa shape index (κ2) is 7.27. The van der Waals surface area contributed by atoms with E-state index in [-0.39, 0.29) is 5.91 Å². The van der Waals surface area contributed by atoms with Crippen molar-refractivity contribution in [3.05, 3.63) is 58.6 Å². The lowest BCUT2D eigenvalue weighted by molar-refractivity contribution is -0.118. The van der Waals surface area contributed by atoms with Crippen molar-refractivity contribution in [2.45, 2.75) is 13.3 Å². The molecule has 4 heteroatoms. The average molecular weight is 347 g/mol. The van der Waals surface area contributed by atoms with Crippen LogP contribution >= 0.6 is 15.9 Å². The summed E-state index contributed by atoms with van der Waals surface area (Å²) in [4.78, 5) is 13.8. The number of aryl methyl sites for hydroxylation is 1. The summed E-state index contributed by atoms with van der Waals surface area (Å²) in [6.07, 6.45) is 0.455. The third-order valence-corrected chi connectivity index (χ3v) is 4.21. The highest BCUT2D eigenvalue weighted by Crippen LogP contribution is 2.20. The molecule has 1 N–H and O–H groups in total. The van der Waals surface area contributed by atoms with Crippen molar-refractivity contribution in [1.82, 2.24) is 0 Å². The van der Waals surface area contributed by atoms with Gasteiger partial charge in [0.2, 0.25) is 5.91 Å². The van der Waals surface area contributed by atoms with Gasteiger partial charge < -0.3 is 10.2 Å². The van der Waals surface area contributed by atoms with Gasteiger partial charge in [-0.3, -0.25) is 4.79 Å². The molecule has 0 unspecified atom stereocenters. The molecule has 2 aromatic rings. The van der Waals surface area contributed by atoms with Gasteiger partial charge in [0, 0.05) is 35.9 Å². The number of hydrogen-bond acceptors (Lipinski definition) is 2. The van der Waals surface area contributed by atoms with Crippen LogP contribution in [0.4, 0.5) is 11.4 Å². The first-order valence-electron chi connectivity index (χ1n) is 6.89. The zero-order valence-electron chi connectivity index (χ0n) is 12.3. The highest BCUT2D eigenvalue weighted by molar-refractivity contribution is 9.10. The summed E-state index contributed by atoms with van der Waals surface area (Å²) in [5.41, 5.74) is 3.13. The largest absolute Gasteiger partial charge is 0.384 e. The van der Waals surface area contributed by atoms with E-state index in [4.69, 9.17) is 0 Å². The number of carbonyl (C=O) groups excluding carboxylic acids is 1. The predicted octanol–water partition coefficient (Wildman–Crippen LogP) is 4.22. The maximum absolute atomic E-state index is 12.1. The van der Waals surface area contributed by atoms with Gasteiger partial charge in [-0.25, -0.2) is 0 Å². The Balaban J connectivity index is 1.85. The quantitative estimate of drug-likeness (QED) is 0.878. The van der Waals surface area contributed by atoms with E-state index in [9.17, 15) is 4.79 Å². The topological polar surface area (TPSA) is 32.3 Å². The highest BCUT2D eigenvalue weighted by Gasteiger charge is 2.09. The normalized spacial score (nSPS) is 10.2. The molecule has 0 radical (unpaired) electrons. The summed E-state index contributed by atoms with van der Waals surface area (Å²) in [6, 6.07) is 15.8. The number of rotatable bonds is 5. The van der Waals surface area contributed by atoms with Gasteiger partial charge in [-0.05, 0) is 36.8 Å². The zero-order valence-corrected chi connectivity index (χ0v) is 13.9. The molecular weight excluding hydrogens is 328 g/mol. The van der Waals surface area contributed by atoms with Crippen LogP contribution in [0.5, 0.6) is 0 Å². The summed E-state index contributed by atoms with van der Waals surface area (Å²) in [5.74, 6) is 0.0971. The van der Waals surface area contributed by atoms with Gasteiger partial charge in [-0.1, -0.05) is 40.2 Å². The van der Waals surface area contributed by atoms with Gasteiger partial charge >= 0.3 is 0 Å². The Morgan fingerprint density at radius 2 is 1.90 bits per heavy atom. The fourth-order valence-electron chi connectivity index (χ4n) is 1.98. The maximum atomic E-state index is 12.1. The fraction of sp³-hybridized carbons (Fsp3) is 0.235. The van der Waals surface area contributed by atoms with Crippen LogP contribution in [0.1, 0.15) is 12.0 Å². The van der Waals surface area contributed by atoms with Crippen molar-refractivity contribution in [1.29, 1.82) is 0 Å². The first-order chi connectivity index (χ1) is 10.1. The van der Waals surface area contributed by atoms with Crippen LogP contribution in [0.3, 0.4) is 0 Å². The monoisotopic (exact) mass is 346 g/mol. The highest BCUT2D eigenvalue weighted by atomic mass is 79.9. The minimum absolute atomic E-state index is 0.0971. The molecule has 0 aliphatic heterocycles. The van der Waals surface area contributed by atoms with Gasteiger partial charge in [0.05, 0.1) is 0 Å². The van der Waals surface area contributed by atoms with Crippen LogP contribution in [-0.4, -0.2) is 19.5 Å². The van der Waals surface area contributed by atoms with Crippen molar-refractivity contribution < 1.29 is 4.79 Å². The molecule has 21 heavy (non-hydrogen) atoms. The molecule has 2 rings (SSSR count). The standard InChI is InChI=1S/C17H19BrN2O/c1-13-8-9-14(12-16(13)18)19-11-10-17(21)20(2)15-6-4-3-5-7-15/h3-9,12,19H,10-11H2,1-2H3. The van der Waals surface area contributed by atoms with Gasteiger partial charge in [0.15, 0.2) is 0 Å². The third-order valence-electron chi connectivity index (χ3n) is 3.36. The van der Waals surface area contributed by atoms with E-state index in [1.165, 1.54) is 5.56 Å². The predicted molar refractivity (Wildman–Crippen MR) is 91.8 cm³/mol. The Kier molecular flexibility index (Phi) is 5.39. The SMILES string of the molecule is Cc1ccc(NCCC(=O)N(C)c2ccccc2)cc1Br. The number of nitrogens with zero attached hydrogens (tertiary/aromatic N) is 1. The summed E-state index contributed by atoms with van der Waals surface area (Å²) in [6.45, 7) is 2.66. The van der Waals surface area contributed by atoms with Crippen LogP contribution < -0.4 is 10.2 Å². The molecule has 0 fully saturated rings. The average Bonchev–Trinajstić information content (AvgIpc) is 2.51. The lowest BCUT2D eigenvalue weighted by atomic mass is 10.2. The Morgan fingerprint density at radius 3 is 2.57 bits per heavy atom. The van der Waals surface area contributed by atoms with Crippen LogP contribution in [0.2, 0.25) is 0 Å². The van der Waals surface area contributed by atoms with Crippen molar-refractivity contribution in [2.24, 2.45) is 0 Å². The minimum Gasteiger partial charge on any atom is -0.384 e. The molecule has 0 bridgehead atoms. The second-order valence-electron chi connectivity index (χ2n) is 4.93. The molecule has 0 aliphatic rings. The van der Waals surface area contributed by atoms with Crippen LogP contribution in [-0.2, 0) is 4.79 Å². The van der Waals surface area contributed by atoms with Gasteiger partial charge in [-0.2, -0.15) is 0 Å². The number of nitrogens with one attached hydrogen (secondary N) is 1. The van der Waals surface area contributed by atoms with Crippen LogP contribution in [0.25, 0.3) is 0 Å². The summed E-state index contributed by atoms with van der Waals surface area (Å²) in [5, 5.41) is 3.27. The third kappa shape index (κ3) is 4.33. The van der Waals surface area contributed by atoms with Crippen LogP contribution in [0, 0.1) is 6.92 Å². The van der Waals surface area contributed by atoms with E-state index in [0.717, 1.165) is 15.8 Å². The molecule has 0 aromatic heterocycles. The summed E-state index contributed by atoms with van der Waals surface area (Å²) < 4.78 is 1.07. The zero-order chi connectivity index (χ0) is 15.2. The smallest absolute Gasteiger partial charge is 0.228 e. The lowest BCUT2D eigenvalue weighted by Gasteiger charge is -2.17. The second-order valence-corrected chi connectivity index (χ2v) is 5.78. The van der Waals surface area contributed by atoms with Gasteiger partial charge in [-0.15, -0.1) is 0 Å². The molecule has 0 atom stereocenters. The fourth-order valence-corrected chi connectivity index (χ4v) is 2.36. The van der Waals surface area contributed by atoms with E-state index >= 15 is 0 Å². The summed E-state index contributed by atoms with van der Waals surface area (Å²) >= 11 is 3.51. The Hall–Kier alpha value is -1.81. The van der Waals surface area contributed by atoms with Crippen molar-refractivity contribution in [3.63, 3.8) is 0 Å². The minimum atomic E-state index is 0.0971. The molecule has 1 amide bonds. The molecule has 0 aliphatic carbocycles. The van der Waals surface area contributed by atoms with E-state index in [2.05, 4.69) is 21.2 Å². The molecule has 0 spiro atoms. The molecule has 0 saturated carbocycles. The van der Waals surface area contributed by atoms with Gasteiger partial charge in [0.1, 0.15) is 0 Å². The van der Waals surface area contributed by atoms with Crippen LogP contribution in [0.15, 0.2) is 53.0 Å². The van der Waals surface area contributed by atoms with Crippen molar-refractivity contribution >= 4 is 33.2 Å². The first kappa shape index (κ1) is 15.6. The number of hydrogen-bond donors (Lipinski definition) is 1. The maximum Gasteiger partial charge on any atom is 0.228 e. The van der Waals surface area contributed by atoms with Gasteiger partial charge in [0.25, 0.3) is 0 Å². The van der Waals surface area contributed by atoms with Crippen molar-refractivity contribution in [2.75, 3.05) is 23.8 Å². The molecule has 110 valence electrons. The number of anilines is 2.